The molecule has 0 saturated heterocycles. The first-order valence-electron chi connectivity index (χ1n) is 8.50. The van der Waals surface area contributed by atoms with Crippen LogP contribution >= 0.6 is 0 Å². The van der Waals surface area contributed by atoms with Gasteiger partial charge in [-0.1, -0.05) is 72.1 Å². The lowest BCUT2D eigenvalue weighted by molar-refractivity contribution is 0.345. The molecule has 20 heavy (non-hydrogen) atoms. The zero-order valence-corrected chi connectivity index (χ0v) is 13.7. The van der Waals surface area contributed by atoms with E-state index in [0.29, 0.717) is 0 Å². The summed E-state index contributed by atoms with van der Waals surface area (Å²) >= 11 is 0. The van der Waals surface area contributed by atoms with Gasteiger partial charge in [0, 0.05) is 17.8 Å². The first-order valence-corrected chi connectivity index (χ1v) is 8.50. The summed E-state index contributed by atoms with van der Waals surface area (Å²) < 4.78 is 0. The van der Waals surface area contributed by atoms with E-state index in [1.807, 2.05) is 18.5 Å². The average molecular weight is 276 g/mol. The van der Waals surface area contributed by atoms with Crippen LogP contribution in [0.2, 0.25) is 0 Å². The van der Waals surface area contributed by atoms with Crippen molar-refractivity contribution in [1.29, 1.82) is 0 Å². The molecule has 1 aromatic rings. The Morgan fingerprint density at radius 2 is 1.30 bits per heavy atom. The highest BCUT2D eigenvalue weighted by Gasteiger charge is 2.28. The topological polar surface area (TPSA) is 25.8 Å². The number of hydrogen-bond acceptors (Lipinski definition) is 2. The van der Waals surface area contributed by atoms with Crippen LogP contribution in [0.4, 0.5) is 0 Å². The number of nitrogens with zero attached hydrogens (tertiary/aromatic N) is 2. The summed E-state index contributed by atoms with van der Waals surface area (Å²) in [4.78, 5) is 9.08. The van der Waals surface area contributed by atoms with Gasteiger partial charge in [-0.2, -0.15) is 0 Å². The van der Waals surface area contributed by atoms with Gasteiger partial charge in [-0.15, -0.1) is 0 Å². The van der Waals surface area contributed by atoms with Gasteiger partial charge in [-0.25, -0.2) is 9.97 Å². The molecular weight excluding hydrogens is 244 g/mol. The van der Waals surface area contributed by atoms with E-state index in [0.717, 1.165) is 5.82 Å². The summed E-state index contributed by atoms with van der Waals surface area (Å²) in [6, 6.07) is 1.91. The molecule has 0 N–H and O–H groups in total. The van der Waals surface area contributed by atoms with Crippen LogP contribution in [0.1, 0.15) is 90.8 Å². The summed E-state index contributed by atoms with van der Waals surface area (Å²) in [5.74, 6) is 1.05. The third kappa shape index (κ3) is 6.02. The highest BCUT2D eigenvalue weighted by molar-refractivity contribution is 5.05. The monoisotopic (exact) mass is 276 g/mol. The molecule has 0 fully saturated rings. The second-order valence-corrected chi connectivity index (χ2v) is 6.25. The lowest BCUT2D eigenvalue weighted by Gasteiger charge is -2.28. The van der Waals surface area contributed by atoms with Crippen LogP contribution in [-0.4, -0.2) is 9.97 Å². The predicted octanol–water partition coefficient (Wildman–Crippen LogP) is 5.68. The van der Waals surface area contributed by atoms with E-state index in [1.54, 1.807) is 0 Å². The fourth-order valence-corrected chi connectivity index (χ4v) is 2.84. The van der Waals surface area contributed by atoms with Gasteiger partial charge < -0.3 is 0 Å². The van der Waals surface area contributed by atoms with Gasteiger partial charge >= 0.3 is 0 Å². The Bertz CT molecular complexity index is 323. The summed E-state index contributed by atoms with van der Waals surface area (Å²) in [5.41, 5.74) is 0.169. The Balaban J connectivity index is 2.57. The third-order valence-electron chi connectivity index (χ3n) is 4.27. The average Bonchev–Trinajstić information content (AvgIpc) is 2.49. The molecule has 0 saturated carbocycles. The molecule has 0 radical (unpaired) electrons. The molecular formula is C18H32N2. The molecule has 1 heterocycles. The van der Waals surface area contributed by atoms with Crippen molar-refractivity contribution in [1.82, 2.24) is 9.97 Å². The molecule has 1 aromatic heterocycles. The maximum absolute atomic E-state index is 4.54. The lowest BCUT2D eigenvalue weighted by atomic mass is 9.79. The third-order valence-corrected chi connectivity index (χ3v) is 4.27. The quantitative estimate of drug-likeness (QED) is 0.486. The van der Waals surface area contributed by atoms with Crippen molar-refractivity contribution in [2.45, 2.75) is 90.4 Å². The Labute approximate surface area is 125 Å². The highest BCUT2D eigenvalue weighted by atomic mass is 14.9. The van der Waals surface area contributed by atoms with Crippen molar-refractivity contribution in [3.05, 3.63) is 24.3 Å². The standard InChI is InChI=1S/C18H32N2/c1-4-6-8-10-13-18(3,14-11-9-7-5-2)17-19-15-12-16-20-17/h12,15-16H,4-11,13-14H2,1-3H3. The van der Waals surface area contributed by atoms with Gasteiger partial charge in [0.25, 0.3) is 0 Å². The largest absolute Gasteiger partial charge is 0.241 e. The van der Waals surface area contributed by atoms with E-state index in [2.05, 4.69) is 30.7 Å². The van der Waals surface area contributed by atoms with Gasteiger partial charge in [-0.05, 0) is 18.9 Å². The fraction of sp³-hybridized carbons (Fsp3) is 0.778. The van der Waals surface area contributed by atoms with Crippen LogP contribution in [0.5, 0.6) is 0 Å². The molecule has 0 atom stereocenters. The van der Waals surface area contributed by atoms with Crippen molar-refractivity contribution in [2.24, 2.45) is 0 Å². The minimum atomic E-state index is 0.169. The van der Waals surface area contributed by atoms with E-state index in [1.165, 1.54) is 64.2 Å². The summed E-state index contributed by atoms with van der Waals surface area (Å²) in [6.45, 7) is 6.90. The van der Waals surface area contributed by atoms with E-state index in [9.17, 15) is 0 Å². The van der Waals surface area contributed by atoms with Gasteiger partial charge in [0.2, 0.25) is 0 Å². The summed E-state index contributed by atoms with van der Waals surface area (Å²) in [6.07, 6.45) is 16.8. The molecule has 2 nitrogen and oxygen atoms in total. The van der Waals surface area contributed by atoms with Gasteiger partial charge in [-0.3, -0.25) is 0 Å². The molecule has 1 rings (SSSR count). The van der Waals surface area contributed by atoms with Crippen LogP contribution in [0.3, 0.4) is 0 Å². The Morgan fingerprint density at radius 3 is 1.75 bits per heavy atom. The number of aromatic nitrogens is 2. The van der Waals surface area contributed by atoms with E-state index in [4.69, 9.17) is 0 Å². The minimum absolute atomic E-state index is 0.169. The maximum Gasteiger partial charge on any atom is 0.134 e. The van der Waals surface area contributed by atoms with E-state index < -0.39 is 0 Å². The normalized spacial score (nSPS) is 11.8. The SMILES string of the molecule is CCCCCCC(C)(CCCCCC)c1ncccn1. The molecule has 0 aliphatic rings. The second-order valence-electron chi connectivity index (χ2n) is 6.25. The van der Waals surface area contributed by atoms with Crippen LogP contribution in [-0.2, 0) is 5.41 Å². The molecule has 0 aliphatic carbocycles. The molecule has 0 spiro atoms. The van der Waals surface area contributed by atoms with Crippen LogP contribution in [0.15, 0.2) is 18.5 Å². The van der Waals surface area contributed by atoms with Crippen molar-refractivity contribution in [3.8, 4) is 0 Å². The highest BCUT2D eigenvalue weighted by Crippen LogP contribution is 2.33. The van der Waals surface area contributed by atoms with Crippen molar-refractivity contribution >= 4 is 0 Å². The van der Waals surface area contributed by atoms with E-state index in [-0.39, 0.29) is 5.41 Å². The van der Waals surface area contributed by atoms with Crippen molar-refractivity contribution in [3.63, 3.8) is 0 Å². The Morgan fingerprint density at radius 1 is 0.800 bits per heavy atom. The first kappa shape index (κ1) is 17.1. The summed E-state index contributed by atoms with van der Waals surface area (Å²) in [7, 11) is 0. The van der Waals surface area contributed by atoms with Crippen LogP contribution in [0.25, 0.3) is 0 Å². The number of unbranched alkanes of at least 4 members (excludes halogenated alkanes) is 6. The molecule has 0 aliphatic heterocycles. The first-order chi connectivity index (χ1) is 9.73. The Kier molecular flexibility index (Phi) is 8.48. The lowest BCUT2D eigenvalue weighted by Crippen LogP contribution is -2.25. The molecule has 114 valence electrons. The van der Waals surface area contributed by atoms with Crippen LogP contribution < -0.4 is 0 Å². The second kappa shape index (κ2) is 9.90. The van der Waals surface area contributed by atoms with Gasteiger partial charge in [0.1, 0.15) is 5.82 Å². The fourth-order valence-electron chi connectivity index (χ4n) is 2.84. The minimum Gasteiger partial charge on any atom is -0.241 e. The molecule has 0 bridgehead atoms. The van der Waals surface area contributed by atoms with E-state index >= 15 is 0 Å². The molecule has 0 amide bonds. The van der Waals surface area contributed by atoms with Crippen molar-refractivity contribution in [2.75, 3.05) is 0 Å². The van der Waals surface area contributed by atoms with Gasteiger partial charge in [0.15, 0.2) is 0 Å². The molecule has 0 aromatic carbocycles. The zero-order chi connectivity index (χ0) is 14.7. The Hall–Kier alpha value is -0.920. The predicted molar refractivity (Wildman–Crippen MR) is 86.9 cm³/mol. The summed E-state index contributed by atoms with van der Waals surface area (Å²) in [5, 5.41) is 0. The zero-order valence-electron chi connectivity index (χ0n) is 13.7. The molecule has 0 unspecified atom stereocenters. The number of hydrogen-bond donors (Lipinski definition) is 0. The number of rotatable bonds is 11. The smallest absolute Gasteiger partial charge is 0.134 e. The van der Waals surface area contributed by atoms with Crippen LogP contribution in [0, 0.1) is 0 Å². The van der Waals surface area contributed by atoms with Crippen molar-refractivity contribution < 1.29 is 0 Å². The maximum atomic E-state index is 4.54. The van der Waals surface area contributed by atoms with Gasteiger partial charge in [0.05, 0.1) is 0 Å². The molecule has 2 heteroatoms.